The molecule has 0 atom stereocenters. The van der Waals surface area contributed by atoms with Crippen molar-refractivity contribution in [2.75, 3.05) is 19.8 Å². The van der Waals surface area contributed by atoms with E-state index in [2.05, 4.69) is 0 Å². The molecule has 3 heteroatoms. The first kappa shape index (κ1) is 13.1. The van der Waals surface area contributed by atoms with Crippen LogP contribution < -0.4 is 4.74 Å². The van der Waals surface area contributed by atoms with Gasteiger partial charge in [-0.15, -0.1) is 0 Å². The van der Waals surface area contributed by atoms with Crippen LogP contribution in [0.1, 0.15) is 34.3 Å². The molecule has 0 aromatic heterocycles. The normalized spacial score (nSPS) is 16.6. The third kappa shape index (κ3) is 3.10. The van der Waals surface area contributed by atoms with Gasteiger partial charge < -0.3 is 9.47 Å². The van der Waals surface area contributed by atoms with Crippen molar-refractivity contribution in [2.24, 2.45) is 5.92 Å². The Kier molecular flexibility index (Phi) is 4.37. The predicted octanol–water partition coefficient (Wildman–Crippen LogP) is 2.92. The van der Waals surface area contributed by atoms with Crippen LogP contribution in [0.15, 0.2) is 12.1 Å². The molecule has 0 spiro atoms. The van der Waals surface area contributed by atoms with Gasteiger partial charge >= 0.3 is 0 Å². The van der Waals surface area contributed by atoms with Crippen LogP contribution >= 0.6 is 0 Å². The number of carbonyl (C=O) groups is 1. The zero-order chi connectivity index (χ0) is 13.0. The maximum Gasteiger partial charge on any atom is 0.150 e. The van der Waals surface area contributed by atoms with Crippen molar-refractivity contribution in [3.05, 3.63) is 28.8 Å². The zero-order valence-corrected chi connectivity index (χ0v) is 11.1. The number of aldehydes is 1. The molecule has 1 aliphatic heterocycles. The average Bonchev–Trinajstić information content (AvgIpc) is 2.38. The van der Waals surface area contributed by atoms with Gasteiger partial charge in [0.05, 0.1) is 6.61 Å². The van der Waals surface area contributed by atoms with E-state index in [1.165, 1.54) is 0 Å². The second-order valence-electron chi connectivity index (χ2n) is 4.97. The molecular formula is C15H20O3. The van der Waals surface area contributed by atoms with Gasteiger partial charge in [-0.1, -0.05) is 0 Å². The Hall–Kier alpha value is -1.35. The van der Waals surface area contributed by atoms with E-state index in [1.54, 1.807) is 0 Å². The van der Waals surface area contributed by atoms with Crippen LogP contribution in [0, 0.1) is 19.8 Å². The van der Waals surface area contributed by atoms with Crippen LogP contribution in [0.4, 0.5) is 0 Å². The molecule has 0 amide bonds. The summed E-state index contributed by atoms with van der Waals surface area (Å²) < 4.78 is 11.3. The summed E-state index contributed by atoms with van der Waals surface area (Å²) in [4.78, 5) is 10.8. The molecule has 0 unspecified atom stereocenters. The topological polar surface area (TPSA) is 35.5 Å². The predicted molar refractivity (Wildman–Crippen MR) is 70.3 cm³/mol. The Morgan fingerprint density at radius 3 is 2.44 bits per heavy atom. The molecule has 1 heterocycles. The summed E-state index contributed by atoms with van der Waals surface area (Å²) in [5.74, 6) is 1.51. The van der Waals surface area contributed by atoms with Crippen LogP contribution in [0.5, 0.6) is 5.75 Å². The molecule has 1 aromatic rings. The van der Waals surface area contributed by atoms with Gasteiger partial charge in [0, 0.05) is 18.8 Å². The van der Waals surface area contributed by atoms with Gasteiger partial charge in [-0.05, 0) is 55.9 Å². The standard InChI is InChI=1S/C15H20O3/c1-11-7-14(9-16)8-12(2)15(11)18-10-13-3-5-17-6-4-13/h7-9,13H,3-6,10H2,1-2H3. The van der Waals surface area contributed by atoms with Gasteiger partial charge in [0.1, 0.15) is 12.0 Å². The van der Waals surface area contributed by atoms with Crippen LogP contribution in [-0.4, -0.2) is 26.1 Å². The number of benzene rings is 1. The number of hydrogen-bond acceptors (Lipinski definition) is 3. The molecule has 1 saturated heterocycles. The van der Waals surface area contributed by atoms with Gasteiger partial charge in [0.25, 0.3) is 0 Å². The highest BCUT2D eigenvalue weighted by Crippen LogP contribution is 2.26. The summed E-state index contributed by atoms with van der Waals surface area (Å²) >= 11 is 0. The summed E-state index contributed by atoms with van der Waals surface area (Å²) in [6.45, 7) is 6.40. The minimum Gasteiger partial charge on any atom is -0.493 e. The average molecular weight is 248 g/mol. The maximum absolute atomic E-state index is 10.8. The lowest BCUT2D eigenvalue weighted by Crippen LogP contribution is -2.21. The number of hydrogen-bond donors (Lipinski definition) is 0. The highest BCUT2D eigenvalue weighted by molar-refractivity contribution is 5.76. The van der Waals surface area contributed by atoms with Crippen LogP contribution in [0.2, 0.25) is 0 Å². The third-order valence-corrected chi connectivity index (χ3v) is 3.42. The molecule has 0 saturated carbocycles. The SMILES string of the molecule is Cc1cc(C=O)cc(C)c1OCC1CCOCC1. The third-order valence-electron chi connectivity index (χ3n) is 3.42. The summed E-state index contributed by atoms with van der Waals surface area (Å²) in [7, 11) is 0. The number of ether oxygens (including phenoxy) is 2. The largest absolute Gasteiger partial charge is 0.493 e. The Morgan fingerprint density at radius 2 is 1.89 bits per heavy atom. The molecule has 1 aliphatic rings. The molecule has 1 fully saturated rings. The lowest BCUT2D eigenvalue weighted by Gasteiger charge is -2.23. The van der Waals surface area contributed by atoms with Crippen LogP contribution in [0.3, 0.4) is 0 Å². The van der Waals surface area contributed by atoms with Crippen LogP contribution in [0.25, 0.3) is 0 Å². The minimum atomic E-state index is 0.586. The first-order valence-electron chi connectivity index (χ1n) is 6.47. The molecular weight excluding hydrogens is 228 g/mol. The van der Waals surface area contributed by atoms with Gasteiger partial charge in [-0.2, -0.15) is 0 Å². The van der Waals surface area contributed by atoms with Gasteiger partial charge in [0.2, 0.25) is 0 Å². The Bertz CT molecular complexity index is 397. The van der Waals surface area contributed by atoms with Gasteiger partial charge in [0.15, 0.2) is 0 Å². The van der Waals surface area contributed by atoms with E-state index in [0.717, 1.165) is 55.8 Å². The fourth-order valence-electron chi connectivity index (χ4n) is 2.39. The van der Waals surface area contributed by atoms with E-state index >= 15 is 0 Å². The van der Waals surface area contributed by atoms with Crippen molar-refractivity contribution in [3.63, 3.8) is 0 Å². The molecule has 18 heavy (non-hydrogen) atoms. The van der Waals surface area contributed by atoms with E-state index in [1.807, 2.05) is 26.0 Å². The number of rotatable bonds is 4. The lowest BCUT2D eigenvalue weighted by molar-refractivity contribution is 0.0495. The van der Waals surface area contributed by atoms with E-state index in [-0.39, 0.29) is 0 Å². The Balaban J connectivity index is 2.02. The molecule has 0 radical (unpaired) electrons. The van der Waals surface area contributed by atoms with Crippen molar-refractivity contribution in [3.8, 4) is 5.75 Å². The first-order chi connectivity index (χ1) is 8.70. The minimum absolute atomic E-state index is 0.586. The zero-order valence-electron chi connectivity index (χ0n) is 11.1. The summed E-state index contributed by atoms with van der Waals surface area (Å²) in [5.41, 5.74) is 2.77. The molecule has 1 aromatic carbocycles. The van der Waals surface area contributed by atoms with Gasteiger partial charge in [-0.3, -0.25) is 4.79 Å². The summed E-state index contributed by atoms with van der Waals surface area (Å²) in [5, 5.41) is 0. The molecule has 3 nitrogen and oxygen atoms in total. The number of carbonyl (C=O) groups excluding carboxylic acids is 1. The van der Waals surface area contributed by atoms with E-state index in [0.29, 0.717) is 11.5 Å². The lowest BCUT2D eigenvalue weighted by atomic mass is 10.0. The van der Waals surface area contributed by atoms with Gasteiger partial charge in [-0.25, -0.2) is 0 Å². The van der Waals surface area contributed by atoms with Crippen molar-refractivity contribution in [2.45, 2.75) is 26.7 Å². The van der Waals surface area contributed by atoms with Crippen molar-refractivity contribution < 1.29 is 14.3 Å². The molecule has 2 rings (SSSR count). The second-order valence-corrected chi connectivity index (χ2v) is 4.97. The number of aryl methyl sites for hydroxylation is 2. The molecule has 0 bridgehead atoms. The summed E-state index contributed by atoms with van der Waals surface area (Å²) in [6.07, 6.45) is 3.03. The molecule has 0 N–H and O–H groups in total. The van der Waals surface area contributed by atoms with Crippen molar-refractivity contribution in [1.82, 2.24) is 0 Å². The summed E-state index contributed by atoms with van der Waals surface area (Å²) in [6, 6.07) is 3.75. The van der Waals surface area contributed by atoms with Crippen molar-refractivity contribution >= 4 is 6.29 Å². The molecule has 0 aliphatic carbocycles. The van der Waals surface area contributed by atoms with E-state index < -0.39 is 0 Å². The fourth-order valence-corrected chi connectivity index (χ4v) is 2.39. The maximum atomic E-state index is 10.8. The monoisotopic (exact) mass is 248 g/mol. The van der Waals surface area contributed by atoms with E-state index in [4.69, 9.17) is 9.47 Å². The Morgan fingerprint density at radius 1 is 1.28 bits per heavy atom. The quantitative estimate of drug-likeness (QED) is 0.768. The highest BCUT2D eigenvalue weighted by atomic mass is 16.5. The smallest absolute Gasteiger partial charge is 0.150 e. The second kappa shape index (κ2) is 6.01. The first-order valence-corrected chi connectivity index (χ1v) is 6.47. The fraction of sp³-hybridized carbons (Fsp3) is 0.533. The molecule has 98 valence electrons. The Labute approximate surface area is 108 Å². The van der Waals surface area contributed by atoms with Crippen LogP contribution in [-0.2, 0) is 4.74 Å². The highest BCUT2D eigenvalue weighted by Gasteiger charge is 2.15. The van der Waals surface area contributed by atoms with E-state index in [9.17, 15) is 4.79 Å². The van der Waals surface area contributed by atoms with Crippen molar-refractivity contribution in [1.29, 1.82) is 0 Å².